The van der Waals surface area contributed by atoms with Gasteiger partial charge in [-0.25, -0.2) is 0 Å². The second kappa shape index (κ2) is 8.93. The minimum Gasteiger partial charge on any atom is -0.496 e. The van der Waals surface area contributed by atoms with E-state index in [4.69, 9.17) is 9.47 Å². The highest BCUT2D eigenvalue weighted by Gasteiger charge is 2.46. The Morgan fingerprint density at radius 2 is 1.88 bits per heavy atom. The summed E-state index contributed by atoms with van der Waals surface area (Å²) >= 11 is 0. The highest BCUT2D eigenvalue weighted by molar-refractivity contribution is 6.08. The summed E-state index contributed by atoms with van der Waals surface area (Å²) in [4.78, 5) is 39.9. The van der Waals surface area contributed by atoms with Crippen LogP contribution in [0, 0.1) is 15.5 Å². The molecule has 8 heteroatoms. The number of carbonyl (C=O) groups excluding carboxylic acids is 2. The van der Waals surface area contributed by atoms with E-state index >= 15 is 0 Å². The number of carbonyl (C=O) groups is 2. The average Bonchev–Trinajstić information content (AvgIpc) is 2.78. The van der Waals surface area contributed by atoms with Gasteiger partial charge in [-0.3, -0.25) is 24.6 Å². The number of benzene rings is 2. The Kier molecular flexibility index (Phi) is 6.17. The molecular weight excluding hydrogens is 436 g/mol. The molecule has 1 heterocycles. The number of nitro benzene ring substituents is 1. The molecule has 0 saturated carbocycles. The van der Waals surface area contributed by atoms with Gasteiger partial charge in [-0.1, -0.05) is 32.0 Å². The third-order valence-corrected chi connectivity index (χ3v) is 6.35. The van der Waals surface area contributed by atoms with Gasteiger partial charge >= 0.3 is 0 Å². The minimum atomic E-state index is -0.520. The number of ketones is 1. The van der Waals surface area contributed by atoms with Crippen molar-refractivity contribution in [1.29, 1.82) is 0 Å². The number of hydrogen-bond donors (Lipinski definition) is 0. The number of amides is 1. The highest BCUT2D eigenvalue weighted by atomic mass is 16.6. The van der Waals surface area contributed by atoms with Gasteiger partial charge in [-0.05, 0) is 37.0 Å². The molecule has 2 aromatic carbocycles. The number of nitro groups is 1. The van der Waals surface area contributed by atoms with Gasteiger partial charge in [-0.2, -0.15) is 0 Å². The average molecular weight is 465 g/mol. The van der Waals surface area contributed by atoms with E-state index in [1.807, 2.05) is 32.0 Å². The Morgan fingerprint density at radius 3 is 2.56 bits per heavy atom. The summed E-state index contributed by atoms with van der Waals surface area (Å²) in [5, 5.41) is 12.0. The molecule has 1 amide bonds. The van der Waals surface area contributed by atoms with Gasteiger partial charge in [0.1, 0.15) is 17.2 Å². The molecule has 4 rings (SSSR count). The molecule has 1 atom stereocenters. The van der Waals surface area contributed by atoms with E-state index in [1.165, 1.54) is 17.0 Å². The lowest BCUT2D eigenvalue weighted by Crippen LogP contribution is -2.44. The summed E-state index contributed by atoms with van der Waals surface area (Å²) in [6, 6.07) is 11.8. The molecule has 34 heavy (non-hydrogen) atoms. The lowest BCUT2D eigenvalue weighted by atomic mass is 9.69. The number of hydrogen-bond acceptors (Lipinski definition) is 6. The van der Waals surface area contributed by atoms with Gasteiger partial charge in [0.15, 0.2) is 5.78 Å². The van der Waals surface area contributed by atoms with E-state index in [-0.39, 0.29) is 29.5 Å². The van der Waals surface area contributed by atoms with Crippen molar-refractivity contribution in [2.75, 3.05) is 18.6 Å². The first kappa shape index (κ1) is 23.5. The van der Waals surface area contributed by atoms with Crippen LogP contribution in [0.4, 0.5) is 11.4 Å². The summed E-state index contributed by atoms with van der Waals surface area (Å²) in [6.07, 6.45) is 0.788. The Morgan fingerprint density at radius 1 is 1.15 bits per heavy atom. The fourth-order valence-electron chi connectivity index (χ4n) is 5.01. The molecular formula is C26H28N2O6. The normalized spacial score (nSPS) is 19.6. The van der Waals surface area contributed by atoms with Gasteiger partial charge < -0.3 is 9.47 Å². The van der Waals surface area contributed by atoms with Crippen LogP contribution in [0.3, 0.4) is 0 Å². The number of Topliss-reactive ketones (excluding diaryl/α,β-unsaturated/α-hetero) is 1. The maximum Gasteiger partial charge on any atom is 0.297 e. The fraction of sp³-hybridized carbons (Fsp3) is 0.385. The van der Waals surface area contributed by atoms with Crippen molar-refractivity contribution in [2.45, 2.75) is 46.0 Å². The zero-order valence-corrected chi connectivity index (χ0v) is 19.8. The monoisotopic (exact) mass is 464 g/mol. The number of rotatable bonds is 6. The Labute approximate surface area is 198 Å². The molecule has 8 nitrogen and oxygen atoms in total. The molecule has 1 aliphatic heterocycles. The molecule has 1 aliphatic carbocycles. The van der Waals surface area contributed by atoms with Crippen molar-refractivity contribution < 1.29 is 24.0 Å². The zero-order chi connectivity index (χ0) is 24.6. The molecule has 0 spiro atoms. The Hall–Kier alpha value is -3.68. The van der Waals surface area contributed by atoms with Crippen LogP contribution in [-0.4, -0.2) is 30.3 Å². The van der Waals surface area contributed by atoms with Gasteiger partial charge in [0.2, 0.25) is 5.91 Å². The molecule has 0 saturated heterocycles. The van der Waals surface area contributed by atoms with Crippen LogP contribution in [0.5, 0.6) is 11.5 Å². The van der Waals surface area contributed by atoms with Crippen LogP contribution in [0.25, 0.3) is 0 Å². The molecule has 2 aromatic rings. The van der Waals surface area contributed by atoms with Crippen LogP contribution >= 0.6 is 0 Å². The quantitative estimate of drug-likeness (QED) is 0.432. The summed E-state index contributed by atoms with van der Waals surface area (Å²) in [6.45, 7) is 6.09. The lowest BCUT2D eigenvalue weighted by Gasteiger charge is -2.42. The van der Waals surface area contributed by atoms with E-state index in [2.05, 4.69) is 0 Å². The van der Waals surface area contributed by atoms with Crippen molar-refractivity contribution in [3.63, 3.8) is 0 Å². The highest BCUT2D eigenvalue weighted by Crippen LogP contribution is 2.50. The summed E-state index contributed by atoms with van der Waals surface area (Å²) in [7, 11) is 1.56. The molecule has 0 aromatic heterocycles. The standard InChI is InChI=1S/C26H28N2O6/c1-5-34-16-10-11-19(20(12-16)28(31)32)27-21-14-26(2,3)15-22(29)25(21)18(13-24(27)30)17-8-6-7-9-23(17)33-4/h6-12,18H,5,13-15H2,1-4H3. The zero-order valence-electron chi connectivity index (χ0n) is 19.8. The molecule has 0 bridgehead atoms. The topological polar surface area (TPSA) is 99.0 Å². The SMILES string of the molecule is CCOc1ccc(N2C(=O)CC(c3ccccc3OC)C3=C2CC(C)(C)CC3=O)c([N+](=O)[O-])c1. The summed E-state index contributed by atoms with van der Waals surface area (Å²) in [5.74, 6) is 0.134. The van der Waals surface area contributed by atoms with E-state index in [0.29, 0.717) is 42.2 Å². The molecule has 178 valence electrons. The maximum absolute atomic E-state index is 13.6. The third kappa shape index (κ3) is 4.16. The van der Waals surface area contributed by atoms with E-state index in [0.717, 1.165) is 5.56 Å². The van der Waals surface area contributed by atoms with E-state index in [1.54, 1.807) is 26.2 Å². The van der Waals surface area contributed by atoms with Crippen LogP contribution in [0.2, 0.25) is 0 Å². The van der Waals surface area contributed by atoms with Gasteiger partial charge in [-0.15, -0.1) is 0 Å². The molecule has 1 unspecified atom stereocenters. The van der Waals surface area contributed by atoms with Crippen LogP contribution in [0.15, 0.2) is 53.7 Å². The second-order valence-corrected chi connectivity index (χ2v) is 9.37. The van der Waals surface area contributed by atoms with Gasteiger partial charge in [0.25, 0.3) is 5.69 Å². The van der Waals surface area contributed by atoms with Gasteiger partial charge in [0, 0.05) is 35.6 Å². The predicted octanol–water partition coefficient (Wildman–Crippen LogP) is 5.17. The van der Waals surface area contributed by atoms with Crippen LogP contribution < -0.4 is 14.4 Å². The van der Waals surface area contributed by atoms with Crippen molar-refractivity contribution in [3.8, 4) is 11.5 Å². The predicted molar refractivity (Wildman–Crippen MR) is 127 cm³/mol. The Bertz CT molecular complexity index is 1200. The number of methoxy groups -OCH3 is 1. The minimum absolute atomic E-state index is 0.00966. The molecule has 2 aliphatic rings. The second-order valence-electron chi connectivity index (χ2n) is 9.37. The van der Waals surface area contributed by atoms with Crippen molar-refractivity contribution in [3.05, 3.63) is 69.4 Å². The largest absolute Gasteiger partial charge is 0.496 e. The fourth-order valence-corrected chi connectivity index (χ4v) is 5.01. The number of anilines is 1. The summed E-state index contributed by atoms with van der Waals surface area (Å²) in [5.41, 5.74) is 1.34. The maximum atomic E-state index is 13.6. The van der Waals surface area contributed by atoms with Crippen LogP contribution in [0.1, 0.15) is 51.5 Å². The van der Waals surface area contributed by atoms with E-state index in [9.17, 15) is 19.7 Å². The molecule has 0 N–H and O–H groups in total. The first-order chi connectivity index (χ1) is 16.2. The van der Waals surface area contributed by atoms with Gasteiger partial charge in [0.05, 0.1) is 24.7 Å². The number of ether oxygens (including phenoxy) is 2. The number of para-hydroxylation sites is 1. The van der Waals surface area contributed by atoms with E-state index < -0.39 is 16.3 Å². The van der Waals surface area contributed by atoms with Crippen LogP contribution in [-0.2, 0) is 9.59 Å². The van der Waals surface area contributed by atoms with Crippen molar-refractivity contribution >= 4 is 23.1 Å². The first-order valence-electron chi connectivity index (χ1n) is 11.3. The van der Waals surface area contributed by atoms with Crippen molar-refractivity contribution in [1.82, 2.24) is 0 Å². The smallest absolute Gasteiger partial charge is 0.297 e. The van der Waals surface area contributed by atoms with Crippen molar-refractivity contribution in [2.24, 2.45) is 5.41 Å². The lowest BCUT2D eigenvalue weighted by molar-refractivity contribution is -0.384. The third-order valence-electron chi connectivity index (χ3n) is 6.35. The molecule has 0 radical (unpaired) electrons. The number of nitrogens with zero attached hydrogens (tertiary/aromatic N) is 2. The first-order valence-corrected chi connectivity index (χ1v) is 11.3. The Balaban J connectivity index is 1.94. The number of allylic oxidation sites excluding steroid dienone is 2. The molecule has 0 fully saturated rings. The summed E-state index contributed by atoms with van der Waals surface area (Å²) < 4.78 is 11.0.